The maximum Gasteiger partial charge on any atom is 0.326 e. The largest absolute Gasteiger partial charge is 0.334 e. The Hall–Kier alpha value is -3.16. The van der Waals surface area contributed by atoms with E-state index in [1.165, 1.54) is 12.8 Å². The molecule has 1 aliphatic carbocycles. The number of rotatable bonds is 4. The number of H-pyrrole nitrogens is 1. The molecule has 0 unspecified atom stereocenters. The minimum atomic E-state index is -0.0693. The van der Waals surface area contributed by atoms with Gasteiger partial charge in [-0.25, -0.2) is 4.79 Å². The van der Waals surface area contributed by atoms with Crippen molar-refractivity contribution in [2.24, 2.45) is 13.0 Å². The van der Waals surface area contributed by atoms with E-state index in [0.29, 0.717) is 17.6 Å². The molecule has 1 aliphatic rings. The van der Waals surface area contributed by atoms with Crippen molar-refractivity contribution in [1.29, 1.82) is 0 Å². The lowest BCUT2D eigenvalue weighted by Gasteiger charge is -2.01. The van der Waals surface area contributed by atoms with E-state index >= 15 is 0 Å². The summed E-state index contributed by atoms with van der Waals surface area (Å²) in [5.41, 5.74) is 3.17. The molecule has 25 heavy (non-hydrogen) atoms. The summed E-state index contributed by atoms with van der Waals surface area (Å²) < 4.78 is 8.89. The van der Waals surface area contributed by atoms with E-state index in [1.807, 2.05) is 35.9 Å². The summed E-state index contributed by atoms with van der Waals surface area (Å²) in [6.07, 6.45) is 4.09. The molecule has 0 aliphatic heterocycles. The molecule has 1 fully saturated rings. The zero-order valence-corrected chi connectivity index (χ0v) is 13.6. The molecule has 3 heterocycles. The molecule has 0 bridgehead atoms. The zero-order chi connectivity index (χ0) is 17.0. The molecule has 8 heteroatoms. The number of hydrogen-bond acceptors (Lipinski definition) is 5. The first-order valence-corrected chi connectivity index (χ1v) is 8.24. The number of aryl methyl sites for hydroxylation is 1. The molecular weight excluding hydrogens is 320 g/mol. The first kappa shape index (κ1) is 14.2. The number of nitrogens with one attached hydrogen (secondary N) is 1. The van der Waals surface area contributed by atoms with Crippen LogP contribution in [0.5, 0.6) is 0 Å². The minimum Gasteiger partial charge on any atom is -0.334 e. The monoisotopic (exact) mass is 336 g/mol. The van der Waals surface area contributed by atoms with Gasteiger partial charge < -0.3 is 9.51 Å². The van der Waals surface area contributed by atoms with E-state index in [1.54, 1.807) is 10.9 Å². The fraction of sp³-hybridized carbons (Fsp3) is 0.294. The Morgan fingerprint density at radius 2 is 2.20 bits per heavy atom. The molecule has 126 valence electrons. The fourth-order valence-corrected chi connectivity index (χ4v) is 3.07. The Morgan fingerprint density at radius 1 is 1.32 bits per heavy atom. The summed E-state index contributed by atoms with van der Waals surface area (Å²) in [5.74, 6) is 1.53. The van der Waals surface area contributed by atoms with E-state index in [4.69, 9.17) is 4.52 Å². The smallest absolute Gasteiger partial charge is 0.326 e. The van der Waals surface area contributed by atoms with Crippen molar-refractivity contribution in [3.8, 4) is 23.0 Å². The summed E-state index contributed by atoms with van der Waals surface area (Å²) >= 11 is 0. The summed E-state index contributed by atoms with van der Waals surface area (Å²) in [5, 5.41) is 8.13. The lowest BCUT2D eigenvalue weighted by Crippen LogP contribution is -2.17. The van der Waals surface area contributed by atoms with Crippen LogP contribution in [0, 0.1) is 5.92 Å². The van der Waals surface area contributed by atoms with Gasteiger partial charge >= 0.3 is 5.69 Å². The van der Waals surface area contributed by atoms with Crippen molar-refractivity contribution >= 4 is 11.0 Å². The molecule has 0 atom stereocenters. The molecule has 1 saturated carbocycles. The van der Waals surface area contributed by atoms with Crippen LogP contribution in [-0.2, 0) is 13.6 Å². The van der Waals surface area contributed by atoms with E-state index in [2.05, 4.69) is 20.2 Å². The zero-order valence-electron chi connectivity index (χ0n) is 13.6. The van der Waals surface area contributed by atoms with Gasteiger partial charge in [0.1, 0.15) is 5.69 Å². The van der Waals surface area contributed by atoms with Crippen LogP contribution in [0.15, 0.2) is 39.8 Å². The van der Waals surface area contributed by atoms with Gasteiger partial charge in [-0.3, -0.25) is 9.25 Å². The molecule has 0 amide bonds. The van der Waals surface area contributed by atoms with Crippen molar-refractivity contribution in [3.63, 3.8) is 0 Å². The van der Waals surface area contributed by atoms with Crippen molar-refractivity contribution in [3.05, 3.63) is 40.9 Å². The number of nitrogens with zero attached hydrogens (tertiary/aromatic N) is 5. The highest BCUT2D eigenvalue weighted by molar-refractivity contribution is 5.80. The summed E-state index contributed by atoms with van der Waals surface area (Å²) in [4.78, 5) is 19.6. The highest BCUT2D eigenvalue weighted by atomic mass is 16.5. The predicted octanol–water partition coefficient (Wildman–Crippen LogP) is 2.19. The van der Waals surface area contributed by atoms with Crippen molar-refractivity contribution in [2.45, 2.75) is 19.4 Å². The van der Waals surface area contributed by atoms with Gasteiger partial charge in [-0.2, -0.15) is 10.1 Å². The molecule has 1 N–H and O–H groups in total. The Kier molecular flexibility index (Phi) is 2.94. The molecular formula is C17H16N6O2. The molecule has 4 aromatic rings. The summed E-state index contributed by atoms with van der Waals surface area (Å²) in [7, 11) is 1.82. The van der Waals surface area contributed by atoms with Crippen LogP contribution >= 0.6 is 0 Å². The summed E-state index contributed by atoms with van der Waals surface area (Å²) in [6.45, 7) is 0.781. The van der Waals surface area contributed by atoms with Crippen LogP contribution in [0.3, 0.4) is 0 Å². The second-order valence-corrected chi connectivity index (χ2v) is 6.48. The number of aromatic amines is 1. The highest BCUT2D eigenvalue weighted by Gasteiger charge is 2.23. The molecule has 1 aromatic carbocycles. The van der Waals surface area contributed by atoms with E-state index in [9.17, 15) is 4.79 Å². The second-order valence-electron chi connectivity index (χ2n) is 6.48. The van der Waals surface area contributed by atoms with Gasteiger partial charge in [0.05, 0.1) is 11.0 Å². The van der Waals surface area contributed by atoms with Crippen LogP contribution in [0.1, 0.15) is 12.8 Å². The quantitative estimate of drug-likeness (QED) is 0.616. The lowest BCUT2D eigenvalue weighted by molar-refractivity contribution is 0.431. The first-order valence-electron chi connectivity index (χ1n) is 8.24. The maximum absolute atomic E-state index is 12.2. The fourth-order valence-electron chi connectivity index (χ4n) is 3.07. The van der Waals surface area contributed by atoms with Gasteiger partial charge in [0, 0.05) is 25.4 Å². The molecule has 3 aromatic heterocycles. The topological polar surface area (TPSA) is 94.5 Å². The Labute approximate surface area is 142 Å². The normalized spacial score (nSPS) is 14.4. The number of imidazole rings is 1. The number of aromatic nitrogens is 6. The van der Waals surface area contributed by atoms with Crippen LogP contribution < -0.4 is 5.69 Å². The molecule has 0 radical (unpaired) electrons. The third-order valence-corrected chi connectivity index (χ3v) is 4.63. The predicted molar refractivity (Wildman–Crippen MR) is 90.8 cm³/mol. The van der Waals surface area contributed by atoms with Gasteiger partial charge in [-0.15, -0.1) is 0 Å². The Bertz CT molecular complexity index is 1130. The number of hydrogen-bond donors (Lipinski definition) is 1. The van der Waals surface area contributed by atoms with Gasteiger partial charge in [0.2, 0.25) is 5.82 Å². The Morgan fingerprint density at radius 3 is 2.96 bits per heavy atom. The maximum atomic E-state index is 12.2. The van der Waals surface area contributed by atoms with E-state index < -0.39 is 0 Å². The highest BCUT2D eigenvalue weighted by Crippen LogP contribution is 2.31. The number of benzene rings is 1. The van der Waals surface area contributed by atoms with Gasteiger partial charge in [0.25, 0.3) is 5.89 Å². The first-order chi connectivity index (χ1) is 12.2. The molecule has 8 nitrogen and oxygen atoms in total. The van der Waals surface area contributed by atoms with Crippen LogP contribution in [-0.4, -0.2) is 29.5 Å². The third kappa shape index (κ3) is 2.37. The summed E-state index contributed by atoms with van der Waals surface area (Å²) in [6, 6.07) is 7.53. The van der Waals surface area contributed by atoms with Gasteiger partial charge in [-0.1, -0.05) is 5.16 Å². The number of fused-ring (bicyclic) bond motifs is 1. The molecule has 5 rings (SSSR count). The minimum absolute atomic E-state index is 0.0693. The molecule has 0 saturated heterocycles. The second kappa shape index (κ2) is 5.17. The van der Waals surface area contributed by atoms with Crippen LogP contribution in [0.2, 0.25) is 0 Å². The lowest BCUT2D eigenvalue weighted by atomic mass is 10.2. The average Bonchev–Trinajstić information content (AvgIpc) is 2.99. The van der Waals surface area contributed by atoms with E-state index in [-0.39, 0.29) is 5.69 Å². The van der Waals surface area contributed by atoms with E-state index in [0.717, 1.165) is 28.8 Å². The van der Waals surface area contributed by atoms with Crippen molar-refractivity contribution in [2.75, 3.05) is 0 Å². The van der Waals surface area contributed by atoms with Gasteiger partial charge in [0.15, 0.2) is 0 Å². The Balaban J connectivity index is 1.54. The van der Waals surface area contributed by atoms with Crippen LogP contribution in [0.4, 0.5) is 0 Å². The van der Waals surface area contributed by atoms with Gasteiger partial charge in [-0.05, 0) is 43.0 Å². The van der Waals surface area contributed by atoms with Crippen molar-refractivity contribution < 1.29 is 4.52 Å². The van der Waals surface area contributed by atoms with Crippen molar-refractivity contribution in [1.82, 2.24) is 29.5 Å². The van der Waals surface area contributed by atoms with Crippen LogP contribution in [0.25, 0.3) is 34.0 Å². The average molecular weight is 336 g/mol. The third-order valence-electron chi connectivity index (χ3n) is 4.63. The standard InChI is InChI=1S/C17H16N6O2/c1-22-14(6-7-18-22)15-20-16(25-21-15)11-4-5-13-12(8-11)19-17(24)23(13)9-10-2-3-10/h4-8,10H,2-3,9H2,1H3,(H,19,24). The molecule has 0 spiro atoms. The SMILES string of the molecule is Cn1nccc1-c1noc(-c2ccc3c(c2)[nH]c(=O)n3CC2CC2)n1.